The molecule has 3 rings (SSSR count). The van der Waals surface area contributed by atoms with Crippen LogP contribution >= 0.6 is 0 Å². The Kier molecular flexibility index (Phi) is 5.98. The molecule has 0 aliphatic heterocycles. The Balaban J connectivity index is 1.75. The smallest absolute Gasteiger partial charge is 0.137 e. The molecule has 2 heterocycles. The Labute approximate surface area is 152 Å². The number of imidazole rings is 1. The van der Waals surface area contributed by atoms with Gasteiger partial charge in [0.25, 0.3) is 0 Å². The molecule has 2 aromatic heterocycles. The molecule has 0 spiro atoms. The van der Waals surface area contributed by atoms with E-state index in [4.69, 9.17) is 4.74 Å². The van der Waals surface area contributed by atoms with Crippen LogP contribution in [0, 0.1) is 6.92 Å². The van der Waals surface area contributed by atoms with Gasteiger partial charge in [0.15, 0.2) is 0 Å². The van der Waals surface area contributed by atoms with Crippen LogP contribution in [0.5, 0.6) is 5.75 Å². The summed E-state index contributed by atoms with van der Waals surface area (Å²) in [5, 5.41) is 13.6. The molecule has 0 fully saturated rings. The molecule has 0 saturated carbocycles. The van der Waals surface area contributed by atoms with E-state index >= 15 is 0 Å². The number of hydrogen-bond acceptors (Lipinski definition) is 6. The van der Waals surface area contributed by atoms with Gasteiger partial charge in [-0.15, -0.1) is 0 Å². The SMILES string of the molecule is COc1ccc(CN(CCO)Cc2cnc(C)[nH]2)cc1Cn1cncn1. The van der Waals surface area contributed by atoms with E-state index in [0.717, 1.165) is 28.4 Å². The van der Waals surface area contributed by atoms with Crippen LogP contribution in [0.1, 0.15) is 22.6 Å². The van der Waals surface area contributed by atoms with Crippen LogP contribution in [0.3, 0.4) is 0 Å². The third-order valence-electron chi connectivity index (χ3n) is 4.12. The number of aromatic amines is 1. The van der Waals surface area contributed by atoms with Crippen LogP contribution in [-0.2, 0) is 19.6 Å². The van der Waals surface area contributed by atoms with Gasteiger partial charge >= 0.3 is 0 Å². The number of aromatic nitrogens is 5. The Morgan fingerprint density at radius 1 is 1.31 bits per heavy atom. The summed E-state index contributed by atoms with van der Waals surface area (Å²) in [6.07, 6.45) is 5.04. The van der Waals surface area contributed by atoms with E-state index in [9.17, 15) is 5.11 Å². The van der Waals surface area contributed by atoms with Gasteiger partial charge in [0.1, 0.15) is 24.2 Å². The van der Waals surface area contributed by atoms with Crippen LogP contribution in [0.4, 0.5) is 0 Å². The van der Waals surface area contributed by atoms with Gasteiger partial charge in [-0.2, -0.15) is 5.10 Å². The van der Waals surface area contributed by atoms with Crippen molar-refractivity contribution in [3.63, 3.8) is 0 Å². The highest BCUT2D eigenvalue weighted by Gasteiger charge is 2.11. The number of nitrogens with one attached hydrogen (secondary N) is 1. The van der Waals surface area contributed by atoms with E-state index in [-0.39, 0.29) is 6.61 Å². The molecule has 0 aliphatic rings. The molecular weight excluding hydrogens is 332 g/mol. The lowest BCUT2D eigenvalue weighted by Gasteiger charge is -2.21. The van der Waals surface area contributed by atoms with Crippen molar-refractivity contribution < 1.29 is 9.84 Å². The second-order valence-corrected chi connectivity index (χ2v) is 6.17. The average Bonchev–Trinajstić information content (AvgIpc) is 3.27. The van der Waals surface area contributed by atoms with Crippen molar-refractivity contribution in [3.05, 3.63) is 59.7 Å². The van der Waals surface area contributed by atoms with Crippen LogP contribution in [0.15, 0.2) is 37.1 Å². The Morgan fingerprint density at radius 2 is 2.19 bits per heavy atom. The normalized spacial score (nSPS) is 11.2. The highest BCUT2D eigenvalue weighted by molar-refractivity contribution is 5.37. The highest BCUT2D eigenvalue weighted by atomic mass is 16.5. The standard InChI is InChI=1S/C18H24N6O2/c1-14-20-8-17(22-14)11-23(5-6-25)9-15-3-4-18(26-2)16(7-15)10-24-13-19-12-21-24/h3-4,7-8,12-13,25H,5-6,9-11H2,1-2H3,(H,20,22). The number of nitrogens with zero attached hydrogens (tertiary/aromatic N) is 5. The fraction of sp³-hybridized carbons (Fsp3) is 0.389. The second-order valence-electron chi connectivity index (χ2n) is 6.17. The summed E-state index contributed by atoms with van der Waals surface area (Å²) in [6, 6.07) is 6.13. The zero-order valence-electron chi connectivity index (χ0n) is 15.1. The number of rotatable bonds is 9. The van der Waals surface area contributed by atoms with Gasteiger partial charge in [-0.1, -0.05) is 6.07 Å². The summed E-state index contributed by atoms with van der Waals surface area (Å²) in [5.74, 6) is 1.71. The number of aliphatic hydroxyl groups is 1. The van der Waals surface area contributed by atoms with Crippen LogP contribution in [0.2, 0.25) is 0 Å². The monoisotopic (exact) mass is 356 g/mol. The lowest BCUT2D eigenvalue weighted by molar-refractivity contribution is 0.183. The Hall–Kier alpha value is -2.71. The van der Waals surface area contributed by atoms with E-state index in [2.05, 4.69) is 31.0 Å². The highest BCUT2D eigenvalue weighted by Crippen LogP contribution is 2.22. The molecule has 26 heavy (non-hydrogen) atoms. The molecule has 0 amide bonds. The molecule has 2 N–H and O–H groups in total. The molecule has 8 nitrogen and oxygen atoms in total. The van der Waals surface area contributed by atoms with Gasteiger partial charge in [-0.25, -0.2) is 14.6 Å². The van der Waals surface area contributed by atoms with Crippen LogP contribution in [-0.4, -0.2) is 55.0 Å². The third-order valence-corrected chi connectivity index (χ3v) is 4.12. The predicted octanol–water partition coefficient (Wildman–Crippen LogP) is 1.36. The van der Waals surface area contributed by atoms with Gasteiger partial charge < -0.3 is 14.8 Å². The Morgan fingerprint density at radius 3 is 2.85 bits per heavy atom. The first kappa shape index (κ1) is 18.1. The summed E-state index contributed by atoms with van der Waals surface area (Å²) in [7, 11) is 1.67. The molecule has 0 unspecified atom stereocenters. The van der Waals surface area contributed by atoms with Crippen molar-refractivity contribution in [2.75, 3.05) is 20.3 Å². The molecule has 1 aromatic carbocycles. The largest absolute Gasteiger partial charge is 0.496 e. The van der Waals surface area contributed by atoms with Crippen molar-refractivity contribution in [1.82, 2.24) is 29.6 Å². The minimum absolute atomic E-state index is 0.106. The first-order valence-electron chi connectivity index (χ1n) is 8.50. The number of aliphatic hydroxyl groups excluding tert-OH is 1. The fourth-order valence-corrected chi connectivity index (χ4v) is 2.95. The van der Waals surface area contributed by atoms with E-state index in [0.29, 0.717) is 26.2 Å². The molecule has 0 radical (unpaired) electrons. The number of benzene rings is 1. The minimum Gasteiger partial charge on any atom is -0.496 e. The first-order valence-corrected chi connectivity index (χ1v) is 8.50. The molecule has 0 aliphatic carbocycles. The summed E-state index contributed by atoms with van der Waals surface area (Å²) in [5.41, 5.74) is 3.22. The van der Waals surface area contributed by atoms with Crippen molar-refractivity contribution in [3.8, 4) is 5.75 Å². The van der Waals surface area contributed by atoms with Crippen molar-refractivity contribution >= 4 is 0 Å². The lowest BCUT2D eigenvalue weighted by atomic mass is 10.1. The zero-order chi connectivity index (χ0) is 18.4. The molecular formula is C18H24N6O2. The molecule has 3 aromatic rings. The number of aryl methyl sites for hydroxylation is 1. The lowest BCUT2D eigenvalue weighted by Crippen LogP contribution is -2.26. The van der Waals surface area contributed by atoms with Gasteiger partial charge in [0.05, 0.1) is 20.3 Å². The number of methoxy groups -OCH3 is 1. The van der Waals surface area contributed by atoms with Gasteiger partial charge in [0, 0.05) is 37.1 Å². The Bertz CT molecular complexity index is 815. The van der Waals surface area contributed by atoms with E-state index < -0.39 is 0 Å². The predicted molar refractivity (Wildman–Crippen MR) is 96.6 cm³/mol. The summed E-state index contributed by atoms with van der Waals surface area (Å²) in [4.78, 5) is 13.6. The average molecular weight is 356 g/mol. The first-order chi connectivity index (χ1) is 12.7. The van der Waals surface area contributed by atoms with Gasteiger partial charge in [-0.05, 0) is 24.6 Å². The van der Waals surface area contributed by atoms with E-state index in [1.165, 1.54) is 6.33 Å². The van der Waals surface area contributed by atoms with Crippen molar-refractivity contribution in [1.29, 1.82) is 0 Å². The molecule has 8 heteroatoms. The second kappa shape index (κ2) is 8.59. The minimum atomic E-state index is 0.106. The maximum atomic E-state index is 9.40. The quantitative estimate of drug-likeness (QED) is 0.601. The summed E-state index contributed by atoms with van der Waals surface area (Å²) in [6.45, 7) is 4.63. The number of hydrogen-bond donors (Lipinski definition) is 2. The van der Waals surface area contributed by atoms with E-state index in [1.807, 2.05) is 25.3 Å². The van der Waals surface area contributed by atoms with Crippen LogP contribution in [0.25, 0.3) is 0 Å². The van der Waals surface area contributed by atoms with Crippen molar-refractivity contribution in [2.45, 2.75) is 26.6 Å². The summed E-state index contributed by atoms with van der Waals surface area (Å²) >= 11 is 0. The molecule has 0 saturated heterocycles. The molecule has 138 valence electrons. The van der Waals surface area contributed by atoms with Crippen molar-refractivity contribution in [2.24, 2.45) is 0 Å². The van der Waals surface area contributed by atoms with E-state index in [1.54, 1.807) is 18.1 Å². The maximum absolute atomic E-state index is 9.40. The number of ether oxygens (including phenoxy) is 1. The molecule has 0 bridgehead atoms. The topological polar surface area (TPSA) is 92.1 Å². The molecule has 0 atom stereocenters. The van der Waals surface area contributed by atoms with Crippen LogP contribution < -0.4 is 4.74 Å². The third kappa shape index (κ3) is 4.68. The maximum Gasteiger partial charge on any atom is 0.137 e. The zero-order valence-corrected chi connectivity index (χ0v) is 15.1. The van der Waals surface area contributed by atoms with Gasteiger partial charge in [0.2, 0.25) is 0 Å². The summed E-state index contributed by atoms with van der Waals surface area (Å²) < 4.78 is 7.24. The fourth-order valence-electron chi connectivity index (χ4n) is 2.95. The van der Waals surface area contributed by atoms with Gasteiger partial charge in [-0.3, -0.25) is 4.90 Å². The number of H-pyrrole nitrogens is 1.